The van der Waals surface area contributed by atoms with Crippen LogP contribution in [0.15, 0.2) is 36.5 Å². The first-order valence-electron chi connectivity index (χ1n) is 30.4. The van der Waals surface area contributed by atoms with Crippen molar-refractivity contribution in [2.45, 2.75) is 346 Å². The van der Waals surface area contributed by atoms with Crippen molar-refractivity contribution in [3.63, 3.8) is 0 Å². The molecule has 0 aromatic rings. The first kappa shape index (κ1) is 66.5. The summed E-state index contributed by atoms with van der Waals surface area (Å²) in [4.78, 5) is 12.6. The van der Waals surface area contributed by atoms with E-state index in [0.29, 0.717) is 12.8 Å². The van der Waals surface area contributed by atoms with Crippen LogP contribution in [0.3, 0.4) is 0 Å². The minimum Gasteiger partial charge on any atom is -0.394 e. The minimum absolute atomic E-state index is 0.364. The fourth-order valence-corrected chi connectivity index (χ4v) is 9.56. The van der Waals surface area contributed by atoms with Crippen LogP contribution in [0, 0.1) is 0 Å². The van der Waals surface area contributed by atoms with Gasteiger partial charge in [0, 0.05) is 0 Å². The highest BCUT2D eigenvalue weighted by atomic mass is 16.3. The molecule has 4 unspecified atom stereocenters. The third-order valence-corrected chi connectivity index (χ3v) is 14.3. The zero-order chi connectivity index (χ0) is 49.5. The summed E-state index contributed by atoms with van der Waals surface area (Å²) in [7, 11) is 0. The van der Waals surface area contributed by atoms with Crippen LogP contribution in [-0.2, 0) is 4.79 Å². The first-order chi connectivity index (χ1) is 33.5. The quantitative estimate of drug-likeness (QED) is 0.0308. The summed E-state index contributed by atoms with van der Waals surface area (Å²) < 4.78 is 0. The number of amides is 1. The van der Waals surface area contributed by atoms with Gasteiger partial charge in [0.2, 0.25) is 5.91 Å². The fraction of sp³-hybridized carbons (Fsp3) is 0.887. The van der Waals surface area contributed by atoms with E-state index in [0.717, 1.165) is 44.9 Å². The molecule has 0 aromatic heterocycles. The van der Waals surface area contributed by atoms with Crippen LogP contribution in [0.25, 0.3) is 0 Å². The van der Waals surface area contributed by atoms with Crippen LogP contribution in [-0.4, -0.2) is 57.3 Å². The summed E-state index contributed by atoms with van der Waals surface area (Å²) >= 11 is 0. The molecule has 6 nitrogen and oxygen atoms in total. The Morgan fingerprint density at radius 1 is 0.368 bits per heavy atom. The van der Waals surface area contributed by atoms with E-state index in [-0.39, 0.29) is 0 Å². The van der Waals surface area contributed by atoms with Crippen LogP contribution < -0.4 is 5.32 Å². The van der Waals surface area contributed by atoms with Gasteiger partial charge in [0.05, 0.1) is 18.8 Å². The lowest BCUT2D eigenvalue weighted by molar-refractivity contribution is -0.132. The van der Waals surface area contributed by atoms with Crippen LogP contribution in [0.1, 0.15) is 322 Å². The second-order valence-corrected chi connectivity index (χ2v) is 21.0. The molecule has 4 atom stereocenters. The maximum absolute atomic E-state index is 12.6. The Kier molecular flexibility index (Phi) is 55.2. The number of hydrogen-bond donors (Lipinski definition) is 5. The van der Waals surface area contributed by atoms with Crippen molar-refractivity contribution in [1.29, 1.82) is 0 Å². The zero-order valence-electron chi connectivity index (χ0n) is 45.6. The van der Waals surface area contributed by atoms with Gasteiger partial charge >= 0.3 is 0 Å². The summed E-state index contributed by atoms with van der Waals surface area (Å²) in [6, 6.07) is -1.00. The second-order valence-electron chi connectivity index (χ2n) is 21.0. The van der Waals surface area contributed by atoms with Crippen LogP contribution in [0.5, 0.6) is 0 Å². The van der Waals surface area contributed by atoms with Crippen LogP contribution in [0.4, 0.5) is 0 Å². The average molecular weight is 959 g/mol. The monoisotopic (exact) mass is 958 g/mol. The van der Waals surface area contributed by atoms with Crippen LogP contribution in [0.2, 0.25) is 0 Å². The van der Waals surface area contributed by atoms with Crippen molar-refractivity contribution >= 4 is 5.91 Å². The van der Waals surface area contributed by atoms with E-state index in [1.54, 1.807) is 0 Å². The zero-order valence-corrected chi connectivity index (χ0v) is 45.6. The van der Waals surface area contributed by atoms with Gasteiger partial charge in [-0.25, -0.2) is 0 Å². The van der Waals surface area contributed by atoms with Crippen molar-refractivity contribution in [2.75, 3.05) is 6.61 Å². The molecular weight excluding hydrogens is 839 g/mol. The Morgan fingerprint density at radius 2 is 0.647 bits per heavy atom. The number of nitrogens with one attached hydrogen (secondary N) is 1. The number of rotatable bonds is 56. The van der Waals surface area contributed by atoms with Crippen molar-refractivity contribution in [1.82, 2.24) is 5.32 Å². The van der Waals surface area contributed by atoms with Crippen LogP contribution >= 0.6 is 0 Å². The van der Waals surface area contributed by atoms with Gasteiger partial charge in [-0.05, 0) is 70.6 Å². The fourth-order valence-electron chi connectivity index (χ4n) is 9.56. The summed E-state index contributed by atoms with van der Waals surface area (Å²) in [6.45, 7) is 4.07. The maximum Gasteiger partial charge on any atom is 0.249 e. The number of aliphatic hydroxyl groups is 4. The Balaban J connectivity index is 3.57. The van der Waals surface area contributed by atoms with Crippen molar-refractivity contribution < 1.29 is 25.2 Å². The number of unbranched alkanes of at least 4 members (excludes halogenated alkanes) is 41. The number of allylic oxidation sites excluding steroid dienone is 6. The van der Waals surface area contributed by atoms with E-state index < -0.39 is 36.9 Å². The van der Waals surface area contributed by atoms with Gasteiger partial charge in [0.15, 0.2) is 0 Å². The van der Waals surface area contributed by atoms with Gasteiger partial charge in [-0.1, -0.05) is 288 Å². The normalized spacial score (nSPS) is 13.9. The highest BCUT2D eigenvalue weighted by molar-refractivity contribution is 5.80. The van der Waals surface area contributed by atoms with E-state index >= 15 is 0 Å². The molecule has 0 aliphatic carbocycles. The Morgan fingerprint density at radius 3 is 0.971 bits per heavy atom. The average Bonchev–Trinajstić information content (AvgIpc) is 3.34. The van der Waals surface area contributed by atoms with Gasteiger partial charge < -0.3 is 25.7 Å². The molecule has 0 spiro atoms. The molecular formula is C62H119NO5. The van der Waals surface area contributed by atoms with Crippen molar-refractivity contribution in [3.05, 3.63) is 36.5 Å². The molecule has 68 heavy (non-hydrogen) atoms. The molecule has 0 heterocycles. The SMILES string of the molecule is CCCCCCCCCCCCC/C=C/CCCC(O)C(O)C(CO)NC(=O)C(O)CCCCCCCCCCCCCCCCCC/C=C\C/C=C\CCCCCCCCCCCCCCC. The van der Waals surface area contributed by atoms with Gasteiger partial charge in [-0.15, -0.1) is 0 Å². The number of carbonyl (C=O) groups is 1. The predicted molar refractivity (Wildman–Crippen MR) is 297 cm³/mol. The van der Waals surface area contributed by atoms with Crippen molar-refractivity contribution in [2.24, 2.45) is 0 Å². The van der Waals surface area contributed by atoms with E-state index in [4.69, 9.17) is 0 Å². The molecule has 0 aliphatic heterocycles. The predicted octanol–water partition coefficient (Wildman–Crippen LogP) is 18.0. The largest absolute Gasteiger partial charge is 0.394 e. The third-order valence-electron chi connectivity index (χ3n) is 14.3. The van der Waals surface area contributed by atoms with Crippen molar-refractivity contribution in [3.8, 4) is 0 Å². The minimum atomic E-state index is -1.28. The highest BCUT2D eigenvalue weighted by Crippen LogP contribution is 2.18. The Labute approximate surface area is 424 Å². The standard InChI is InChI=1S/C62H119NO5/c1-3-5-7-9-11-13-15-17-19-21-22-23-24-25-26-27-28-29-30-31-32-33-34-35-36-37-38-39-40-42-44-46-48-50-52-54-56-60(66)62(68)63-58(57-64)61(67)59(65)55-53-51-49-47-45-43-41-20-18-16-14-12-10-8-6-4-2/h26-27,29-30,47,49,58-61,64-67H,3-25,28,31-46,48,50-57H2,1-2H3,(H,63,68)/b27-26-,30-29-,49-47+. The summed E-state index contributed by atoms with van der Waals surface area (Å²) in [5.74, 6) is -0.590. The Bertz CT molecular complexity index is 1080. The Hall–Kier alpha value is -1.47. The lowest BCUT2D eigenvalue weighted by Gasteiger charge is -2.27. The van der Waals surface area contributed by atoms with E-state index in [9.17, 15) is 25.2 Å². The van der Waals surface area contributed by atoms with E-state index in [1.165, 1.54) is 250 Å². The molecule has 0 aliphatic rings. The number of hydrogen-bond acceptors (Lipinski definition) is 5. The molecule has 0 radical (unpaired) electrons. The molecule has 0 bridgehead atoms. The molecule has 0 aromatic carbocycles. The second kappa shape index (κ2) is 56.4. The summed E-state index contributed by atoms with van der Waals surface area (Å²) in [5, 5.41) is 43.9. The molecule has 0 saturated heterocycles. The lowest BCUT2D eigenvalue weighted by Crippen LogP contribution is -2.53. The number of carbonyl (C=O) groups excluding carboxylic acids is 1. The highest BCUT2D eigenvalue weighted by Gasteiger charge is 2.28. The van der Waals surface area contributed by atoms with E-state index in [1.807, 2.05) is 0 Å². The van der Waals surface area contributed by atoms with Gasteiger partial charge in [0.1, 0.15) is 12.2 Å². The van der Waals surface area contributed by atoms with E-state index in [2.05, 4.69) is 55.6 Å². The van der Waals surface area contributed by atoms with Gasteiger partial charge in [-0.2, -0.15) is 0 Å². The third kappa shape index (κ3) is 49.5. The molecule has 0 saturated carbocycles. The molecule has 1 amide bonds. The molecule has 402 valence electrons. The topological polar surface area (TPSA) is 110 Å². The molecule has 6 heteroatoms. The lowest BCUT2D eigenvalue weighted by atomic mass is 10.00. The summed E-state index contributed by atoms with van der Waals surface area (Å²) in [5.41, 5.74) is 0. The first-order valence-corrected chi connectivity index (χ1v) is 30.4. The molecule has 0 fully saturated rings. The maximum atomic E-state index is 12.6. The van der Waals surface area contributed by atoms with Gasteiger partial charge in [0.25, 0.3) is 0 Å². The van der Waals surface area contributed by atoms with Gasteiger partial charge in [-0.3, -0.25) is 4.79 Å². The summed E-state index contributed by atoms with van der Waals surface area (Å²) in [6.07, 6.45) is 71.0. The number of aliphatic hydroxyl groups excluding tert-OH is 4. The smallest absolute Gasteiger partial charge is 0.249 e. The molecule has 5 N–H and O–H groups in total. The molecule has 0 rings (SSSR count).